The zero-order valence-corrected chi connectivity index (χ0v) is 15.0. The molecule has 2 fully saturated rings. The predicted molar refractivity (Wildman–Crippen MR) is 88.3 cm³/mol. The first-order valence-corrected chi connectivity index (χ1v) is 10.2. The Morgan fingerprint density at radius 1 is 1.45 bits per heavy atom. The van der Waals surface area contributed by atoms with Gasteiger partial charge in [0.1, 0.15) is 8.55 Å². The Morgan fingerprint density at radius 3 is 2.86 bits per heavy atom. The number of rotatable bonds is 3. The van der Waals surface area contributed by atoms with E-state index in [0.29, 0.717) is 19.5 Å². The van der Waals surface area contributed by atoms with Crippen LogP contribution in [0.15, 0.2) is 10.3 Å². The van der Waals surface area contributed by atoms with E-state index in [9.17, 15) is 13.5 Å². The number of aliphatic hydroxyl groups is 1. The molecule has 0 bridgehead atoms. The maximum Gasteiger partial charge on any atom is 0.252 e. The fourth-order valence-electron chi connectivity index (χ4n) is 3.37. The monoisotopic (exact) mass is 384 g/mol. The van der Waals surface area contributed by atoms with Crippen molar-refractivity contribution in [1.29, 1.82) is 0 Å². The number of aliphatic hydroxyl groups excluding tert-OH is 1. The molecular formula is C13H18Cl2N2O3S2. The fourth-order valence-corrected chi connectivity index (χ4v) is 6.87. The molecule has 124 valence electrons. The molecule has 0 amide bonds. The highest BCUT2D eigenvalue weighted by molar-refractivity contribution is 7.91. The Morgan fingerprint density at radius 2 is 2.23 bits per heavy atom. The number of hydrogen-bond donors (Lipinski definition) is 2. The molecule has 0 radical (unpaired) electrons. The third-order valence-corrected chi connectivity index (χ3v) is 8.94. The number of thiophene rings is 1. The Kier molecular flexibility index (Phi) is 4.78. The van der Waals surface area contributed by atoms with Crippen molar-refractivity contribution in [1.82, 2.24) is 9.62 Å². The van der Waals surface area contributed by atoms with Crippen molar-refractivity contribution in [3.8, 4) is 0 Å². The van der Waals surface area contributed by atoms with Crippen molar-refractivity contribution >= 4 is 44.6 Å². The van der Waals surface area contributed by atoms with E-state index >= 15 is 0 Å². The Balaban J connectivity index is 1.84. The van der Waals surface area contributed by atoms with E-state index < -0.39 is 10.0 Å². The van der Waals surface area contributed by atoms with Crippen molar-refractivity contribution < 1.29 is 13.5 Å². The Labute approximate surface area is 144 Å². The molecule has 2 saturated heterocycles. The van der Waals surface area contributed by atoms with Gasteiger partial charge in [-0.15, -0.1) is 11.3 Å². The third-order valence-electron chi connectivity index (χ3n) is 4.76. The summed E-state index contributed by atoms with van der Waals surface area (Å²) >= 11 is 12.8. The van der Waals surface area contributed by atoms with Crippen molar-refractivity contribution in [3.05, 3.63) is 15.4 Å². The quantitative estimate of drug-likeness (QED) is 0.837. The molecule has 1 aromatic rings. The van der Waals surface area contributed by atoms with E-state index in [0.717, 1.165) is 30.7 Å². The lowest BCUT2D eigenvalue weighted by atomic mass is 9.70. The number of fused-ring (bicyclic) bond motifs is 1. The van der Waals surface area contributed by atoms with E-state index in [2.05, 4.69) is 5.32 Å². The van der Waals surface area contributed by atoms with Gasteiger partial charge in [-0.25, -0.2) is 8.42 Å². The van der Waals surface area contributed by atoms with Gasteiger partial charge in [0, 0.05) is 24.5 Å². The van der Waals surface area contributed by atoms with Crippen LogP contribution in [0.3, 0.4) is 0 Å². The first kappa shape index (κ1) is 17.0. The largest absolute Gasteiger partial charge is 0.396 e. The fraction of sp³-hybridized carbons (Fsp3) is 0.692. The van der Waals surface area contributed by atoms with Crippen LogP contribution >= 0.6 is 34.5 Å². The van der Waals surface area contributed by atoms with Crippen molar-refractivity contribution in [2.45, 2.75) is 29.5 Å². The lowest BCUT2D eigenvalue weighted by Crippen LogP contribution is -2.61. The van der Waals surface area contributed by atoms with Gasteiger partial charge in [-0.05, 0) is 31.9 Å². The minimum atomic E-state index is -3.59. The van der Waals surface area contributed by atoms with Gasteiger partial charge in [0.2, 0.25) is 0 Å². The molecule has 2 aliphatic heterocycles. The van der Waals surface area contributed by atoms with Crippen LogP contribution in [-0.4, -0.2) is 50.1 Å². The van der Waals surface area contributed by atoms with Crippen LogP contribution in [0, 0.1) is 5.41 Å². The van der Waals surface area contributed by atoms with Crippen LogP contribution in [0.25, 0.3) is 0 Å². The molecule has 1 aromatic heterocycles. The highest BCUT2D eigenvalue weighted by Gasteiger charge is 2.46. The molecule has 5 nitrogen and oxygen atoms in total. The van der Waals surface area contributed by atoms with Gasteiger partial charge in [0.25, 0.3) is 10.0 Å². The average molecular weight is 385 g/mol. The van der Waals surface area contributed by atoms with Gasteiger partial charge in [-0.2, -0.15) is 4.31 Å². The summed E-state index contributed by atoms with van der Waals surface area (Å²) in [7, 11) is -3.59. The van der Waals surface area contributed by atoms with Crippen LogP contribution in [0.2, 0.25) is 9.36 Å². The lowest BCUT2D eigenvalue weighted by Gasteiger charge is -2.49. The van der Waals surface area contributed by atoms with Crippen LogP contribution in [0.4, 0.5) is 0 Å². The van der Waals surface area contributed by atoms with E-state index in [4.69, 9.17) is 23.2 Å². The Bertz CT molecular complexity index is 645. The van der Waals surface area contributed by atoms with Crippen molar-refractivity contribution in [2.24, 2.45) is 5.41 Å². The second-order valence-corrected chi connectivity index (χ2v) is 10.2. The molecule has 0 aromatic carbocycles. The molecular weight excluding hydrogens is 367 g/mol. The second kappa shape index (κ2) is 6.20. The smallest absolute Gasteiger partial charge is 0.252 e. The third kappa shape index (κ3) is 2.81. The topological polar surface area (TPSA) is 69.6 Å². The molecule has 0 saturated carbocycles. The number of halogens is 2. The zero-order chi connectivity index (χ0) is 16.0. The number of piperidine rings is 2. The summed E-state index contributed by atoms with van der Waals surface area (Å²) in [6.45, 7) is 1.73. The highest BCUT2D eigenvalue weighted by atomic mass is 35.5. The van der Waals surface area contributed by atoms with Gasteiger partial charge in [0.05, 0.1) is 11.6 Å². The van der Waals surface area contributed by atoms with Crippen LogP contribution in [-0.2, 0) is 10.0 Å². The highest BCUT2D eigenvalue weighted by Crippen LogP contribution is 2.41. The van der Waals surface area contributed by atoms with Crippen LogP contribution in [0.5, 0.6) is 0 Å². The molecule has 3 rings (SSSR count). The summed E-state index contributed by atoms with van der Waals surface area (Å²) in [5.41, 5.74) is -0.199. The number of sulfonamides is 1. The molecule has 22 heavy (non-hydrogen) atoms. The lowest BCUT2D eigenvalue weighted by molar-refractivity contribution is 0.00733. The van der Waals surface area contributed by atoms with Gasteiger partial charge in [-0.3, -0.25) is 0 Å². The van der Waals surface area contributed by atoms with Gasteiger partial charge < -0.3 is 10.4 Å². The summed E-state index contributed by atoms with van der Waals surface area (Å²) in [6.07, 6.45) is 2.61. The molecule has 3 heterocycles. The first-order chi connectivity index (χ1) is 10.4. The molecule has 0 aliphatic carbocycles. The molecule has 2 aliphatic rings. The maximum absolute atomic E-state index is 12.7. The van der Waals surface area contributed by atoms with Gasteiger partial charge in [0.15, 0.2) is 0 Å². The minimum Gasteiger partial charge on any atom is -0.396 e. The summed E-state index contributed by atoms with van der Waals surface area (Å²) in [6, 6.07) is 1.40. The molecule has 9 heteroatoms. The Hall–Kier alpha value is 0.110. The predicted octanol–water partition coefficient (Wildman–Crippen LogP) is 2.18. The summed E-state index contributed by atoms with van der Waals surface area (Å²) in [5, 5.41) is 13.4. The molecule has 0 unspecified atom stereocenters. The molecule has 2 atom stereocenters. The standard InChI is InChI=1S/C13H18Cl2N2O3S2/c14-9-6-11(21-12(9)15)22(19,20)17-5-3-13(8-18)2-1-4-16-10(13)7-17/h6,10,16,18H,1-5,7-8H2/t10-,13-/m1/s1. The van der Waals surface area contributed by atoms with Gasteiger partial charge in [-0.1, -0.05) is 23.2 Å². The zero-order valence-electron chi connectivity index (χ0n) is 11.9. The average Bonchev–Trinajstić information content (AvgIpc) is 2.86. The van der Waals surface area contributed by atoms with E-state index in [1.807, 2.05) is 0 Å². The number of nitrogens with zero attached hydrogens (tertiary/aromatic N) is 1. The minimum absolute atomic E-state index is 0.0133. The van der Waals surface area contributed by atoms with E-state index in [1.54, 1.807) is 0 Å². The molecule has 2 N–H and O–H groups in total. The summed E-state index contributed by atoms with van der Waals surface area (Å²) < 4.78 is 27.4. The van der Waals surface area contributed by atoms with Crippen LogP contribution < -0.4 is 5.32 Å². The van der Waals surface area contributed by atoms with E-state index in [1.165, 1.54) is 10.4 Å². The van der Waals surface area contributed by atoms with Crippen LogP contribution in [0.1, 0.15) is 19.3 Å². The SMILES string of the molecule is O=S(=O)(c1cc(Cl)c(Cl)s1)N1CC[C@@]2(CO)CCCN[C@@H]2C1. The maximum atomic E-state index is 12.7. The summed E-state index contributed by atoms with van der Waals surface area (Å²) in [5.74, 6) is 0. The van der Waals surface area contributed by atoms with E-state index in [-0.39, 0.29) is 31.6 Å². The number of hydrogen-bond acceptors (Lipinski definition) is 5. The van der Waals surface area contributed by atoms with Gasteiger partial charge >= 0.3 is 0 Å². The second-order valence-electron chi connectivity index (χ2n) is 5.93. The van der Waals surface area contributed by atoms with Crippen molar-refractivity contribution in [3.63, 3.8) is 0 Å². The molecule has 0 spiro atoms. The van der Waals surface area contributed by atoms with Crippen molar-refractivity contribution in [2.75, 3.05) is 26.2 Å². The number of nitrogens with one attached hydrogen (secondary N) is 1. The normalized spacial score (nSPS) is 30.2. The first-order valence-electron chi connectivity index (χ1n) is 7.18. The summed E-state index contributed by atoms with van der Waals surface area (Å²) in [4.78, 5) is 0.